The Kier molecular flexibility index (Phi) is 8.93. The maximum atomic E-state index is 13.6. The van der Waals surface area contributed by atoms with E-state index in [0.717, 1.165) is 43.4 Å². The molecule has 1 aromatic rings. The highest BCUT2D eigenvalue weighted by atomic mass is 19.2. The van der Waals surface area contributed by atoms with Gasteiger partial charge < -0.3 is 0 Å². The summed E-state index contributed by atoms with van der Waals surface area (Å²) in [7, 11) is 0. The van der Waals surface area contributed by atoms with Crippen molar-refractivity contribution in [1.82, 2.24) is 0 Å². The molecule has 0 atom stereocenters. The van der Waals surface area contributed by atoms with E-state index in [4.69, 9.17) is 0 Å². The second kappa shape index (κ2) is 11.4. The average molecular weight is 409 g/mol. The molecule has 0 spiro atoms. The Hall–Kier alpha value is -0.990. The van der Waals surface area contributed by atoms with Gasteiger partial charge in [-0.3, -0.25) is 0 Å². The monoisotopic (exact) mass is 408 g/mol. The Balaban J connectivity index is 1.36. The van der Waals surface area contributed by atoms with Gasteiger partial charge in [0.05, 0.1) is 0 Å². The first kappa shape index (κ1) is 22.7. The summed E-state index contributed by atoms with van der Waals surface area (Å²) in [5, 5.41) is 0. The minimum atomic E-state index is -1.35. The molecule has 0 bridgehead atoms. The van der Waals surface area contributed by atoms with E-state index in [-0.39, 0.29) is 5.92 Å². The maximum absolute atomic E-state index is 13.6. The van der Waals surface area contributed by atoms with Crippen molar-refractivity contribution in [3.63, 3.8) is 0 Å². The first-order valence-corrected chi connectivity index (χ1v) is 12.2. The van der Waals surface area contributed by atoms with Crippen molar-refractivity contribution in [3.8, 4) is 0 Å². The van der Waals surface area contributed by atoms with Gasteiger partial charge in [0.2, 0.25) is 0 Å². The second-order valence-electron chi connectivity index (χ2n) is 9.75. The van der Waals surface area contributed by atoms with Crippen molar-refractivity contribution < 1.29 is 13.2 Å². The molecule has 3 heteroatoms. The maximum Gasteiger partial charge on any atom is 0.194 e. The molecule has 0 aromatic heterocycles. The second-order valence-corrected chi connectivity index (χ2v) is 9.75. The van der Waals surface area contributed by atoms with Crippen molar-refractivity contribution in [2.24, 2.45) is 17.8 Å². The summed E-state index contributed by atoms with van der Waals surface area (Å²) in [6.45, 7) is 2.27. The fourth-order valence-electron chi connectivity index (χ4n) is 5.90. The summed E-state index contributed by atoms with van der Waals surface area (Å²) >= 11 is 0. The molecule has 0 heterocycles. The van der Waals surface area contributed by atoms with Crippen molar-refractivity contribution in [2.75, 3.05) is 0 Å². The SMILES string of the molecule is CCCCCCCC[C@H]1CC[C@H](C2CCC(c3cc(F)c(F)c(F)c3)CC2)CC1. The summed E-state index contributed by atoms with van der Waals surface area (Å²) in [5.74, 6) is -0.703. The van der Waals surface area contributed by atoms with Crippen LogP contribution in [0, 0.1) is 35.2 Å². The van der Waals surface area contributed by atoms with Crippen LogP contribution >= 0.6 is 0 Å². The van der Waals surface area contributed by atoms with Crippen LogP contribution in [0.2, 0.25) is 0 Å². The molecule has 3 rings (SSSR count). The lowest BCUT2D eigenvalue weighted by Crippen LogP contribution is -2.25. The Morgan fingerprint density at radius 1 is 0.690 bits per heavy atom. The molecule has 1 aromatic carbocycles. The Morgan fingerprint density at radius 2 is 1.21 bits per heavy atom. The zero-order valence-electron chi connectivity index (χ0n) is 18.2. The molecule has 2 aliphatic carbocycles. The third kappa shape index (κ3) is 6.49. The van der Waals surface area contributed by atoms with Crippen LogP contribution in [0.3, 0.4) is 0 Å². The molecule has 0 N–H and O–H groups in total. The van der Waals surface area contributed by atoms with Gasteiger partial charge in [0.15, 0.2) is 17.5 Å². The van der Waals surface area contributed by atoms with Gasteiger partial charge in [0.1, 0.15) is 0 Å². The van der Waals surface area contributed by atoms with Gasteiger partial charge in [0.25, 0.3) is 0 Å². The quantitative estimate of drug-likeness (QED) is 0.282. The van der Waals surface area contributed by atoms with Gasteiger partial charge in [-0.25, -0.2) is 13.2 Å². The standard InChI is InChI=1S/C26H39F3/c1-2-3-4-5-6-7-8-19-9-11-20(12-10-19)21-13-15-22(16-14-21)23-17-24(27)26(29)25(28)18-23/h17-22H,2-16H2,1H3/t19-,20-,21?,22?. The lowest BCUT2D eigenvalue weighted by Gasteiger charge is -2.38. The summed E-state index contributed by atoms with van der Waals surface area (Å²) in [6.07, 6.45) is 19.6. The van der Waals surface area contributed by atoms with Crippen LogP contribution in [-0.2, 0) is 0 Å². The number of unbranched alkanes of at least 4 members (excludes halogenated alkanes) is 5. The van der Waals surface area contributed by atoms with Crippen LogP contribution in [0.1, 0.15) is 115 Å². The molecule has 29 heavy (non-hydrogen) atoms. The molecular formula is C26H39F3. The highest BCUT2D eigenvalue weighted by Gasteiger charge is 2.31. The van der Waals surface area contributed by atoms with Gasteiger partial charge in [-0.15, -0.1) is 0 Å². The summed E-state index contributed by atoms with van der Waals surface area (Å²) in [4.78, 5) is 0. The zero-order chi connectivity index (χ0) is 20.6. The van der Waals surface area contributed by atoms with Crippen molar-refractivity contribution in [3.05, 3.63) is 35.1 Å². The van der Waals surface area contributed by atoms with Crippen LogP contribution in [0.4, 0.5) is 13.2 Å². The number of benzene rings is 1. The predicted molar refractivity (Wildman–Crippen MR) is 114 cm³/mol. The zero-order valence-corrected chi connectivity index (χ0v) is 18.2. The van der Waals surface area contributed by atoms with E-state index >= 15 is 0 Å². The molecule has 0 unspecified atom stereocenters. The number of hydrogen-bond donors (Lipinski definition) is 0. The molecule has 0 aliphatic heterocycles. The van der Waals surface area contributed by atoms with Crippen molar-refractivity contribution in [1.29, 1.82) is 0 Å². The highest BCUT2D eigenvalue weighted by Crippen LogP contribution is 2.44. The van der Waals surface area contributed by atoms with E-state index in [1.165, 1.54) is 82.8 Å². The van der Waals surface area contributed by atoms with Gasteiger partial charge in [0, 0.05) is 0 Å². The highest BCUT2D eigenvalue weighted by molar-refractivity contribution is 5.23. The molecule has 0 radical (unpaired) electrons. The minimum absolute atomic E-state index is 0.180. The normalized spacial score (nSPS) is 27.9. The van der Waals surface area contributed by atoms with Crippen LogP contribution in [-0.4, -0.2) is 0 Å². The molecular weight excluding hydrogens is 369 g/mol. The van der Waals surface area contributed by atoms with Crippen molar-refractivity contribution in [2.45, 2.75) is 109 Å². The molecule has 0 saturated heterocycles. The van der Waals surface area contributed by atoms with Crippen molar-refractivity contribution >= 4 is 0 Å². The van der Waals surface area contributed by atoms with E-state index in [1.807, 2.05) is 0 Å². The Bertz CT molecular complexity index is 587. The van der Waals surface area contributed by atoms with Gasteiger partial charge in [-0.05, 0) is 79.9 Å². The predicted octanol–water partition coefficient (Wildman–Crippen LogP) is 8.93. The number of hydrogen-bond acceptors (Lipinski definition) is 0. The lowest BCUT2D eigenvalue weighted by atomic mass is 9.68. The van der Waals surface area contributed by atoms with Crippen LogP contribution in [0.25, 0.3) is 0 Å². The molecule has 0 amide bonds. The largest absolute Gasteiger partial charge is 0.204 e. The smallest absolute Gasteiger partial charge is 0.194 e. The van der Waals surface area contributed by atoms with Gasteiger partial charge in [-0.1, -0.05) is 64.7 Å². The Morgan fingerprint density at radius 3 is 1.79 bits per heavy atom. The molecule has 2 fully saturated rings. The van der Waals surface area contributed by atoms with Crippen LogP contribution in [0.5, 0.6) is 0 Å². The topological polar surface area (TPSA) is 0 Å². The third-order valence-electron chi connectivity index (χ3n) is 7.77. The summed E-state index contributed by atoms with van der Waals surface area (Å²) in [5.41, 5.74) is 0.641. The minimum Gasteiger partial charge on any atom is -0.204 e. The fraction of sp³-hybridized carbons (Fsp3) is 0.769. The summed E-state index contributed by atoms with van der Waals surface area (Å²) < 4.78 is 40.3. The molecule has 2 aliphatic rings. The third-order valence-corrected chi connectivity index (χ3v) is 7.77. The average Bonchev–Trinajstić information content (AvgIpc) is 2.75. The summed E-state index contributed by atoms with van der Waals surface area (Å²) in [6, 6.07) is 2.41. The molecule has 164 valence electrons. The van der Waals surface area contributed by atoms with Gasteiger partial charge >= 0.3 is 0 Å². The van der Waals surface area contributed by atoms with Crippen LogP contribution in [0.15, 0.2) is 12.1 Å². The number of halogens is 3. The van der Waals surface area contributed by atoms with Crippen LogP contribution < -0.4 is 0 Å². The van der Waals surface area contributed by atoms with E-state index in [9.17, 15) is 13.2 Å². The molecule has 2 saturated carbocycles. The van der Waals surface area contributed by atoms with E-state index < -0.39 is 17.5 Å². The molecule has 0 nitrogen and oxygen atoms in total. The number of rotatable bonds is 9. The first-order valence-electron chi connectivity index (χ1n) is 12.2. The first-order chi connectivity index (χ1) is 14.1. The van der Waals surface area contributed by atoms with E-state index in [2.05, 4.69) is 6.92 Å². The van der Waals surface area contributed by atoms with Gasteiger partial charge in [-0.2, -0.15) is 0 Å². The Labute approximate surface area is 175 Å². The fourth-order valence-corrected chi connectivity index (χ4v) is 5.90. The van der Waals surface area contributed by atoms with E-state index in [1.54, 1.807) is 0 Å². The van der Waals surface area contributed by atoms with E-state index in [0.29, 0.717) is 5.56 Å². The lowest BCUT2D eigenvalue weighted by molar-refractivity contribution is 0.155.